The molecule has 2 amide bonds. The zero-order valence-corrected chi connectivity index (χ0v) is 19.0. The van der Waals surface area contributed by atoms with E-state index in [1.54, 1.807) is 38.2 Å². The van der Waals surface area contributed by atoms with Gasteiger partial charge in [-0.3, -0.25) is 14.9 Å². The highest BCUT2D eigenvalue weighted by molar-refractivity contribution is 5.96. The van der Waals surface area contributed by atoms with Crippen molar-refractivity contribution in [1.29, 1.82) is 0 Å². The second-order valence-electron chi connectivity index (χ2n) is 8.46. The molecule has 0 saturated carbocycles. The molecule has 0 heterocycles. The van der Waals surface area contributed by atoms with Crippen LogP contribution in [0, 0.1) is 5.92 Å². The van der Waals surface area contributed by atoms with Gasteiger partial charge in [-0.15, -0.1) is 0 Å². The van der Waals surface area contributed by atoms with E-state index in [2.05, 4.69) is 29.6 Å². The highest BCUT2D eigenvalue weighted by Gasteiger charge is 2.29. The van der Waals surface area contributed by atoms with E-state index in [0.29, 0.717) is 11.3 Å². The monoisotopic (exact) mass is 458 g/mol. The Hall–Kier alpha value is -4.13. The lowest BCUT2D eigenvalue weighted by Crippen LogP contribution is -2.33. The van der Waals surface area contributed by atoms with Crippen LogP contribution in [-0.2, 0) is 9.53 Å². The molecule has 0 spiro atoms. The van der Waals surface area contributed by atoms with E-state index in [1.165, 1.54) is 4.90 Å². The second kappa shape index (κ2) is 9.79. The Kier molecular flexibility index (Phi) is 6.63. The molecule has 1 unspecified atom stereocenters. The third kappa shape index (κ3) is 4.78. The SMILES string of the molecule is CC(CN(C)C(=O)c1cccc(NC(=O)OCC2c3ccccc3-c3ccccc32)c1)C(=O)O. The number of fused-ring (bicyclic) bond motifs is 3. The zero-order chi connectivity index (χ0) is 24.2. The third-order valence-electron chi connectivity index (χ3n) is 6.02. The predicted molar refractivity (Wildman–Crippen MR) is 129 cm³/mol. The summed E-state index contributed by atoms with van der Waals surface area (Å²) >= 11 is 0. The lowest BCUT2D eigenvalue weighted by Gasteiger charge is -2.20. The molecule has 174 valence electrons. The van der Waals surface area contributed by atoms with Gasteiger partial charge in [-0.05, 0) is 40.5 Å². The van der Waals surface area contributed by atoms with Crippen LogP contribution in [0.5, 0.6) is 0 Å². The van der Waals surface area contributed by atoms with E-state index in [-0.39, 0.29) is 25.0 Å². The second-order valence-corrected chi connectivity index (χ2v) is 8.46. The number of benzene rings is 3. The number of hydrogen-bond acceptors (Lipinski definition) is 4. The average Bonchev–Trinajstić information content (AvgIpc) is 3.16. The smallest absolute Gasteiger partial charge is 0.411 e. The molecular formula is C27H26N2O5. The van der Waals surface area contributed by atoms with Crippen LogP contribution < -0.4 is 5.32 Å². The normalized spacial score (nSPS) is 12.9. The van der Waals surface area contributed by atoms with Crippen LogP contribution in [0.1, 0.15) is 34.3 Å². The molecule has 3 aromatic carbocycles. The molecule has 1 aliphatic carbocycles. The van der Waals surface area contributed by atoms with Gasteiger partial charge < -0.3 is 14.7 Å². The van der Waals surface area contributed by atoms with Gasteiger partial charge >= 0.3 is 12.1 Å². The standard InChI is InChI=1S/C27H26N2O5/c1-17(26(31)32)15-29(2)25(30)18-8-7-9-19(14-18)28-27(33)34-16-24-22-12-5-3-10-20(22)21-11-4-6-13-23(21)24/h3-14,17,24H,15-16H2,1-2H3,(H,28,33)(H,31,32). The number of aliphatic carboxylic acids is 1. The van der Waals surface area contributed by atoms with Gasteiger partial charge in [-0.25, -0.2) is 4.79 Å². The molecule has 1 aliphatic rings. The molecule has 34 heavy (non-hydrogen) atoms. The molecule has 1 atom stereocenters. The zero-order valence-electron chi connectivity index (χ0n) is 19.0. The maximum atomic E-state index is 12.7. The van der Waals surface area contributed by atoms with Crippen molar-refractivity contribution in [3.05, 3.63) is 89.5 Å². The van der Waals surface area contributed by atoms with E-state index in [1.807, 2.05) is 24.3 Å². The van der Waals surface area contributed by atoms with Crippen LogP contribution in [0.3, 0.4) is 0 Å². The van der Waals surface area contributed by atoms with Crippen LogP contribution in [0.25, 0.3) is 11.1 Å². The first-order valence-corrected chi connectivity index (χ1v) is 11.1. The van der Waals surface area contributed by atoms with Crippen LogP contribution in [0.15, 0.2) is 72.8 Å². The fourth-order valence-corrected chi connectivity index (χ4v) is 4.27. The molecule has 0 aliphatic heterocycles. The fraction of sp³-hybridized carbons (Fsp3) is 0.222. The van der Waals surface area contributed by atoms with Gasteiger partial charge in [0.05, 0.1) is 5.92 Å². The quantitative estimate of drug-likeness (QED) is 0.528. The van der Waals surface area contributed by atoms with E-state index >= 15 is 0 Å². The molecule has 0 bridgehead atoms. The number of amides is 2. The van der Waals surface area contributed by atoms with Crippen molar-refractivity contribution in [1.82, 2.24) is 4.90 Å². The van der Waals surface area contributed by atoms with Crippen molar-refractivity contribution >= 4 is 23.7 Å². The number of carboxylic acids is 1. The van der Waals surface area contributed by atoms with Crippen molar-refractivity contribution in [2.24, 2.45) is 5.92 Å². The molecule has 7 heteroatoms. The third-order valence-corrected chi connectivity index (χ3v) is 6.02. The molecule has 0 fully saturated rings. The summed E-state index contributed by atoms with van der Waals surface area (Å²) in [6.07, 6.45) is -0.612. The first kappa shape index (κ1) is 23.0. The van der Waals surface area contributed by atoms with Gasteiger partial charge in [-0.1, -0.05) is 61.5 Å². The number of carbonyl (C=O) groups is 3. The van der Waals surface area contributed by atoms with E-state index in [9.17, 15) is 14.4 Å². The Morgan fingerprint density at radius 3 is 2.21 bits per heavy atom. The summed E-state index contributed by atoms with van der Waals surface area (Å²) < 4.78 is 5.56. The number of carboxylic acid groups (broad SMARTS) is 1. The molecule has 4 rings (SSSR count). The first-order chi connectivity index (χ1) is 16.3. The number of nitrogens with zero attached hydrogens (tertiary/aromatic N) is 1. The molecule has 3 aromatic rings. The summed E-state index contributed by atoms with van der Waals surface area (Å²) in [5.41, 5.74) is 5.32. The molecule has 0 saturated heterocycles. The Labute approximate surface area is 198 Å². The van der Waals surface area contributed by atoms with Gasteiger partial charge in [0.2, 0.25) is 0 Å². The molecule has 0 radical (unpaired) electrons. The van der Waals surface area contributed by atoms with Gasteiger partial charge in [0, 0.05) is 30.8 Å². The van der Waals surface area contributed by atoms with Crippen molar-refractivity contribution in [3.63, 3.8) is 0 Å². The van der Waals surface area contributed by atoms with E-state index in [4.69, 9.17) is 9.84 Å². The number of carbonyl (C=O) groups excluding carboxylic acids is 2. The first-order valence-electron chi connectivity index (χ1n) is 11.1. The van der Waals surface area contributed by atoms with E-state index < -0.39 is 18.0 Å². The van der Waals surface area contributed by atoms with Crippen LogP contribution in [0.2, 0.25) is 0 Å². The minimum absolute atomic E-state index is 0.0454. The van der Waals surface area contributed by atoms with Gasteiger partial charge in [0.15, 0.2) is 0 Å². The van der Waals surface area contributed by atoms with Crippen molar-refractivity contribution in [2.45, 2.75) is 12.8 Å². The summed E-state index contributed by atoms with van der Waals surface area (Å²) in [5, 5.41) is 11.7. The largest absolute Gasteiger partial charge is 0.481 e. The number of anilines is 1. The minimum atomic E-state index is -0.967. The van der Waals surface area contributed by atoms with Crippen molar-refractivity contribution < 1.29 is 24.2 Å². The molecule has 0 aromatic heterocycles. The Balaban J connectivity index is 1.40. The molecule has 2 N–H and O–H groups in total. The minimum Gasteiger partial charge on any atom is -0.481 e. The predicted octanol–water partition coefficient (Wildman–Crippen LogP) is 4.84. The van der Waals surface area contributed by atoms with Crippen LogP contribution in [0.4, 0.5) is 10.5 Å². The number of ether oxygens (including phenoxy) is 1. The highest BCUT2D eigenvalue weighted by Crippen LogP contribution is 2.44. The van der Waals surface area contributed by atoms with Crippen molar-refractivity contribution in [3.8, 4) is 11.1 Å². The van der Waals surface area contributed by atoms with Crippen LogP contribution in [-0.4, -0.2) is 48.2 Å². The Morgan fingerprint density at radius 2 is 1.59 bits per heavy atom. The maximum absolute atomic E-state index is 12.7. The molecule has 7 nitrogen and oxygen atoms in total. The van der Waals surface area contributed by atoms with Crippen LogP contribution >= 0.6 is 0 Å². The van der Waals surface area contributed by atoms with Gasteiger partial charge in [0.1, 0.15) is 6.61 Å². The summed E-state index contributed by atoms with van der Waals surface area (Å²) in [7, 11) is 1.55. The van der Waals surface area contributed by atoms with E-state index in [0.717, 1.165) is 22.3 Å². The average molecular weight is 459 g/mol. The van der Waals surface area contributed by atoms with Gasteiger partial charge in [-0.2, -0.15) is 0 Å². The topological polar surface area (TPSA) is 95.9 Å². The maximum Gasteiger partial charge on any atom is 0.411 e. The summed E-state index contributed by atoms with van der Waals surface area (Å²) in [6, 6.07) is 22.7. The lowest BCUT2D eigenvalue weighted by atomic mass is 9.98. The van der Waals surface area contributed by atoms with Gasteiger partial charge in [0.25, 0.3) is 5.91 Å². The number of rotatable bonds is 7. The summed E-state index contributed by atoms with van der Waals surface area (Å²) in [5.74, 6) is -2.03. The highest BCUT2D eigenvalue weighted by atomic mass is 16.5. The lowest BCUT2D eigenvalue weighted by molar-refractivity contribution is -0.141. The fourth-order valence-electron chi connectivity index (χ4n) is 4.27. The number of hydrogen-bond donors (Lipinski definition) is 2. The van der Waals surface area contributed by atoms with Crippen molar-refractivity contribution in [2.75, 3.05) is 25.5 Å². The summed E-state index contributed by atoms with van der Waals surface area (Å²) in [4.78, 5) is 37.6. The Morgan fingerprint density at radius 1 is 0.971 bits per heavy atom. The number of nitrogens with one attached hydrogen (secondary N) is 1. The molecular weight excluding hydrogens is 432 g/mol. The Bertz CT molecular complexity index is 1190. The summed E-state index contributed by atoms with van der Waals surface area (Å²) in [6.45, 7) is 1.81.